The average molecular weight is 452 g/mol. The predicted octanol–water partition coefficient (Wildman–Crippen LogP) is 8.98. The van der Waals surface area contributed by atoms with E-state index in [2.05, 4.69) is 68.0 Å². The topological polar surface area (TPSA) is 25.8 Å². The van der Waals surface area contributed by atoms with Crippen LogP contribution in [0, 0.1) is 10.8 Å². The quantitative estimate of drug-likeness (QED) is 0.267. The molecule has 1 fully saturated rings. The summed E-state index contributed by atoms with van der Waals surface area (Å²) in [7, 11) is 0. The summed E-state index contributed by atoms with van der Waals surface area (Å²) in [5, 5.41) is 3.24. The summed E-state index contributed by atoms with van der Waals surface area (Å²) in [5.41, 5.74) is 5.11. The molecule has 5 aromatic rings. The van der Waals surface area contributed by atoms with Gasteiger partial charge < -0.3 is 0 Å². The van der Waals surface area contributed by atoms with Gasteiger partial charge >= 0.3 is 0 Å². The maximum Gasteiger partial charge on any atom is 0.116 e. The van der Waals surface area contributed by atoms with Crippen LogP contribution in [0.15, 0.2) is 67.0 Å². The number of fused-ring (bicyclic) bond motifs is 4. The molecule has 0 atom stereocenters. The lowest BCUT2D eigenvalue weighted by Gasteiger charge is -2.45. The van der Waals surface area contributed by atoms with Crippen molar-refractivity contribution in [3.05, 3.63) is 72.5 Å². The van der Waals surface area contributed by atoms with Gasteiger partial charge in [0.15, 0.2) is 0 Å². The number of nitrogens with zero attached hydrogens (tertiary/aromatic N) is 2. The number of aromatic nitrogens is 2. The molecule has 0 aliphatic heterocycles. The Morgan fingerprint density at radius 1 is 0.909 bits per heavy atom. The lowest BCUT2D eigenvalue weighted by Crippen LogP contribution is -2.32. The van der Waals surface area contributed by atoms with Crippen molar-refractivity contribution in [3.8, 4) is 11.3 Å². The first-order chi connectivity index (χ1) is 16.2. The van der Waals surface area contributed by atoms with Crippen LogP contribution < -0.4 is 0 Å². The van der Waals surface area contributed by atoms with E-state index in [1.807, 2.05) is 24.3 Å². The normalized spacial score (nSPS) is 18.7. The molecule has 1 aliphatic carbocycles. The first-order valence-electron chi connectivity index (χ1n) is 12.4. The Balaban J connectivity index is 1.48. The molecule has 0 spiro atoms. The summed E-state index contributed by atoms with van der Waals surface area (Å²) in [4.78, 5) is 9.37. The van der Waals surface area contributed by atoms with E-state index in [0.29, 0.717) is 22.8 Å². The van der Waals surface area contributed by atoms with E-state index in [4.69, 9.17) is 1.37 Å². The van der Waals surface area contributed by atoms with E-state index < -0.39 is 0 Å². The summed E-state index contributed by atoms with van der Waals surface area (Å²) < 4.78 is 10.9. The smallest absolute Gasteiger partial charge is 0.116 e. The van der Waals surface area contributed by atoms with Crippen molar-refractivity contribution < 1.29 is 1.37 Å². The number of rotatable bonds is 2. The zero-order valence-electron chi connectivity index (χ0n) is 20.8. The van der Waals surface area contributed by atoms with Crippen LogP contribution in [0.2, 0.25) is 0 Å². The Bertz CT molecular complexity index is 1550. The van der Waals surface area contributed by atoms with Crippen LogP contribution in [0.3, 0.4) is 0 Å². The minimum Gasteiger partial charge on any atom is -0.235 e. The van der Waals surface area contributed by atoms with Gasteiger partial charge in [0.05, 0.1) is 17.3 Å². The fraction of sp³-hybridized carbons (Fsp3) is 0.333. The standard InChI is InChI=1S/C30H30N2S/c1-29(2)15-23(16-30(3,4)17-29)21-11-12-24-25(14-21)33-28-26(31-18-32-27(24)28)22-10-9-19-7-5-6-8-20(19)13-22/h5-14,18,23H,15-17H2,1-4H3/i9D. The number of benzene rings is 3. The third kappa shape index (κ3) is 3.73. The summed E-state index contributed by atoms with van der Waals surface area (Å²) in [6.07, 6.45) is 5.43. The van der Waals surface area contributed by atoms with Gasteiger partial charge in [0.1, 0.15) is 6.33 Å². The van der Waals surface area contributed by atoms with Gasteiger partial charge in [-0.15, -0.1) is 11.3 Å². The molecular formula is C30H30N2S. The van der Waals surface area contributed by atoms with Crippen LogP contribution >= 0.6 is 11.3 Å². The van der Waals surface area contributed by atoms with Gasteiger partial charge in [-0.2, -0.15) is 0 Å². The van der Waals surface area contributed by atoms with E-state index in [1.165, 1.54) is 34.9 Å². The van der Waals surface area contributed by atoms with Gasteiger partial charge in [0.25, 0.3) is 0 Å². The highest BCUT2D eigenvalue weighted by Gasteiger charge is 2.39. The average Bonchev–Trinajstić information content (AvgIpc) is 3.15. The van der Waals surface area contributed by atoms with Crippen LogP contribution in [0.5, 0.6) is 0 Å². The molecule has 0 bridgehead atoms. The molecule has 2 nitrogen and oxygen atoms in total. The molecule has 2 aromatic heterocycles. The van der Waals surface area contributed by atoms with Crippen LogP contribution in [-0.2, 0) is 0 Å². The SMILES string of the molecule is [2H]c1cc(-c2ncnc3c2sc2cc(C4CC(C)(C)CC(C)(C)C4)ccc23)cc2ccccc12. The Hall–Kier alpha value is -2.78. The van der Waals surface area contributed by atoms with Gasteiger partial charge in [0.2, 0.25) is 0 Å². The van der Waals surface area contributed by atoms with Crippen molar-refractivity contribution in [2.24, 2.45) is 10.8 Å². The van der Waals surface area contributed by atoms with Crippen molar-refractivity contribution in [2.45, 2.75) is 52.9 Å². The van der Waals surface area contributed by atoms with E-state index in [0.717, 1.165) is 32.2 Å². The van der Waals surface area contributed by atoms with Crippen LogP contribution in [0.4, 0.5) is 0 Å². The lowest BCUT2D eigenvalue weighted by molar-refractivity contribution is 0.0969. The maximum absolute atomic E-state index is 8.54. The van der Waals surface area contributed by atoms with Gasteiger partial charge in [-0.05, 0) is 64.5 Å². The number of thiophene rings is 1. The second kappa shape index (κ2) is 7.36. The minimum atomic E-state index is 0.365. The maximum atomic E-state index is 8.54. The van der Waals surface area contributed by atoms with E-state index in [-0.39, 0.29) is 0 Å². The summed E-state index contributed by atoms with van der Waals surface area (Å²) in [6.45, 7) is 9.69. The van der Waals surface area contributed by atoms with E-state index >= 15 is 0 Å². The molecule has 3 aromatic carbocycles. The van der Waals surface area contributed by atoms with Crippen LogP contribution in [-0.4, -0.2) is 9.97 Å². The summed E-state index contributed by atoms with van der Waals surface area (Å²) >= 11 is 1.79. The lowest BCUT2D eigenvalue weighted by atomic mass is 9.60. The molecule has 0 radical (unpaired) electrons. The molecule has 1 saturated carbocycles. The Labute approximate surface area is 201 Å². The van der Waals surface area contributed by atoms with E-state index in [1.54, 1.807) is 17.7 Å². The molecule has 0 amide bonds. The van der Waals surface area contributed by atoms with Gasteiger partial charge in [-0.3, -0.25) is 0 Å². The Kier molecular flexibility index (Phi) is 4.39. The van der Waals surface area contributed by atoms with Crippen molar-refractivity contribution in [1.82, 2.24) is 9.97 Å². The van der Waals surface area contributed by atoms with Crippen molar-refractivity contribution in [2.75, 3.05) is 0 Å². The van der Waals surface area contributed by atoms with Crippen molar-refractivity contribution in [3.63, 3.8) is 0 Å². The zero-order valence-corrected chi connectivity index (χ0v) is 20.6. The van der Waals surface area contributed by atoms with Crippen LogP contribution in [0.1, 0.15) is 59.8 Å². The molecule has 2 heterocycles. The molecule has 6 rings (SSSR count). The first-order valence-corrected chi connectivity index (χ1v) is 12.7. The largest absolute Gasteiger partial charge is 0.235 e. The molecule has 1 aliphatic rings. The highest BCUT2D eigenvalue weighted by Crippen LogP contribution is 2.52. The Morgan fingerprint density at radius 3 is 2.45 bits per heavy atom. The van der Waals surface area contributed by atoms with Crippen molar-refractivity contribution in [1.29, 1.82) is 0 Å². The predicted molar refractivity (Wildman–Crippen MR) is 142 cm³/mol. The molecule has 33 heavy (non-hydrogen) atoms. The second-order valence-corrected chi connectivity index (χ2v) is 12.4. The Morgan fingerprint density at radius 2 is 1.67 bits per heavy atom. The third-order valence-corrected chi connectivity index (χ3v) is 8.38. The highest BCUT2D eigenvalue weighted by atomic mass is 32.1. The third-order valence-electron chi connectivity index (χ3n) is 7.23. The number of hydrogen-bond acceptors (Lipinski definition) is 3. The molecule has 3 heteroatoms. The van der Waals surface area contributed by atoms with Crippen LogP contribution in [0.25, 0.3) is 42.3 Å². The number of hydrogen-bond donors (Lipinski definition) is 0. The van der Waals surface area contributed by atoms with Gasteiger partial charge in [-0.1, -0.05) is 76.2 Å². The molecular weight excluding hydrogens is 420 g/mol. The van der Waals surface area contributed by atoms with Crippen molar-refractivity contribution >= 4 is 42.4 Å². The zero-order chi connectivity index (χ0) is 23.7. The summed E-state index contributed by atoms with van der Waals surface area (Å²) in [6, 6.07) is 19.7. The molecule has 0 saturated heterocycles. The fourth-order valence-electron chi connectivity index (χ4n) is 6.39. The molecule has 0 unspecified atom stereocenters. The van der Waals surface area contributed by atoms with E-state index in [9.17, 15) is 0 Å². The van der Waals surface area contributed by atoms with Gasteiger partial charge in [-0.25, -0.2) is 9.97 Å². The minimum absolute atomic E-state index is 0.365. The monoisotopic (exact) mass is 451 g/mol. The van der Waals surface area contributed by atoms with Gasteiger partial charge in [0, 0.05) is 15.6 Å². The molecule has 0 N–H and O–H groups in total. The fourth-order valence-corrected chi connectivity index (χ4v) is 7.60. The second-order valence-electron chi connectivity index (χ2n) is 11.3. The molecule has 166 valence electrons. The first kappa shape index (κ1) is 19.7. The summed E-state index contributed by atoms with van der Waals surface area (Å²) in [5.74, 6) is 0.588. The highest BCUT2D eigenvalue weighted by molar-refractivity contribution is 7.26.